The van der Waals surface area contributed by atoms with Crippen LogP contribution in [-0.2, 0) is 39.1 Å². The van der Waals surface area contributed by atoms with Gasteiger partial charge >= 0.3 is 0 Å². The smallest absolute Gasteiger partial charge is 0.248 e. The zero-order valence-corrected chi connectivity index (χ0v) is 28.5. The Morgan fingerprint density at radius 3 is 2.50 bits per heavy atom. The van der Waals surface area contributed by atoms with E-state index in [2.05, 4.69) is 4.72 Å². The number of rotatable bonds is 14. The molecular formula is C34H38ClN3O6S2. The molecule has 9 nitrogen and oxygen atoms in total. The van der Waals surface area contributed by atoms with Crippen LogP contribution in [0.25, 0.3) is 10.1 Å². The number of ether oxygens (including phenoxy) is 2. The standard InChI is InChI=1S/C34H38ClN3O6S2/c1-34(15-17-38(34)32(39)19-26-23-45-31-8-5-4-7-29(26)31)33(40)37(22-24-9-12-27(35)13-10-24)16-6-18-46(41,42)36-21-25-11-14-28(43-2)20-30(25)44-3/h4-5,7-14,20,23,36H,6,15-19,21-22H2,1-3H3. The van der Waals surface area contributed by atoms with E-state index >= 15 is 0 Å². The molecule has 0 spiro atoms. The number of nitrogens with zero attached hydrogens (tertiary/aromatic N) is 2. The lowest BCUT2D eigenvalue weighted by Gasteiger charge is -2.51. The van der Waals surface area contributed by atoms with E-state index in [0.717, 1.165) is 21.2 Å². The van der Waals surface area contributed by atoms with Gasteiger partial charge < -0.3 is 19.3 Å². The lowest BCUT2D eigenvalue weighted by atomic mass is 9.84. The number of hydrogen-bond donors (Lipinski definition) is 1. The third-order valence-electron chi connectivity index (χ3n) is 8.47. The zero-order valence-electron chi connectivity index (χ0n) is 26.1. The highest BCUT2D eigenvalue weighted by Gasteiger charge is 2.50. The van der Waals surface area contributed by atoms with E-state index in [1.54, 1.807) is 65.5 Å². The number of benzene rings is 3. The summed E-state index contributed by atoms with van der Waals surface area (Å²) >= 11 is 7.70. The molecule has 1 fully saturated rings. The number of hydrogen-bond acceptors (Lipinski definition) is 7. The lowest BCUT2D eigenvalue weighted by molar-refractivity contribution is -0.164. The molecule has 1 aliphatic rings. The van der Waals surface area contributed by atoms with Crippen molar-refractivity contribution in [3.8, 4) is 11.5 Å². The van der Waals surface area contributed by atoms with Crippen molar-refractivity contribution in [2.45, 2.75) is 44.8 Å². The second-order valence-electron chi connectivity index (χ2n) is 11.5. The van der Waals surface area contributed by atoms with Crippen LogP contribution in [0.4, 0.5) is 0 Å². The summed E-state index contributed by atoms with van der Waals surface area (Å²) < 4.78 is 40.3. The van der Waals surface area contributed by atoms with Crippen molar-refractivity contribution in [1.29, 1.82) is 0 Å². The topological polar surface area (TPSA) is 105 Å². The van der Waals surface area contributed by atoms with Crippen LogP contribution in [0, 0.1) is 0 Å². The molecule has 2 heterocycles. The van der Waals surface area contributed by atoms with Gasteiger partial charge in [-0.05, 0) is 65.9 Å². The maximum Gasteiger partial charge on any atom is 0.248 e. The first-order valence-electron chi connectivity index (χ1n) is 15.0. The molecule has 46 heavy (non-hydrogen) atoms. The summed E-state index contributed by atoms with van der Waals surface area (Å²) in [5.41, 5.74) is 1.47. The van der Waals surface area contributed by atoms with Crippen molar-refractivity contribution >= 4 is 54.9 Å². The second kappa shape index (κ2) is 14.4. The summed E-state index contributed by atoms with van der Waals surface area (Å²) in [5.74, 6) is 0.639. The van der Waals surface area contributed by atoms with Gasteiger partial charge in [0.2, 0.25) is 21.8 Å². The fourth-order valence-corrected chi connectivity index (χ4v) is 7.83. The highest BCUT2D eigenvalue weighted by molar-refractivity contribution is 7.89. The number of methoxy groups -OCH3 is 2. The SMILES string of the molecule is COc1ccc(CNS(=O)(=O)CCCN(Cc2ccc(Cl)cc2)C(=O)C2(C)CCN2C(=O)Cc2csc3ccccc23)c(OC)c1. The molecule has 0 aliphatic carbocycles. The van der Waals surface area contributed by atoms with Crippen LogP contribution >= 0.6 is 22.9 Å². The minimum atomic E-state index is -3.67. The van der Waals surface area contributed by atoms with Crippen LogP contribution in [0.1, 0.15) is 36.5 Å². The van der Waals surface area contributed by atoms with Crippen molar-refractivity contribution in [1.82, 2.24) is 14.5 Å². The first-order valence-corrected chi connectivity index (χ1v) is 17.9. The van der Waals surface area contributed by atoms with E-state index < -0.39 is 15.6 Å². The predicted octanol–water partition coefficient (Wildman–Crippen LogP) is 5.64. The molecule has 1 saturated heterocycles. The molecule has 3 aromatic carbocycles. The van der Waals surface area contributed by atoms with Gasteiger partial charge in [-0.15, -0.1) is 11.3 Å². The third kappa shape index (κ3) is 7.66. The Labute approximate surface area is 279 Å². The number of fused-ring (bicyclic) bond motifs is 1. The zero-order chi connectivity index (χ0) is 32.9. The average Bonchev–Trinajstić information content (AvgIpc) is 3.45. The van der Waals surface area contributed by atoms with Gasteiger partial charge in [0.15, 0.2) is 0 Å². The summed E-state index contributed by atoms with van der Waals surface area (Å²) in [6.45, 7) is 2.81. The van der Waals surface area contributed by atoms with Crippen molar-refractivity contribution in [2.24, 2.45) is 0 Å². The number of thiophene rings is 1. The van der Waals surface area contributed by atoms with E-state index in [9.17, 15) is 18.0 Å². The monoisotopic (exact) mass is 683 g/mol. The van der Waals surface area contributed by atoms with Gasteiger partial charge in [0.25, 0.3) is 0 Å². The molecule has 1 aliphatic heterocycles. The molecule has 1 atom stereocenters. The maximum atomic E-state index is 14.2. The van der Waals surface area contributed by atoms with Gasteiger partial charge in [-0.2, -0.15) is 0 Å². The molecule has 4 aromatic rings. The number of halogens is 1. The average molecular weight is 684 g/mol. The fraction of sp³-hybridized carbons (Fsp3) is 0.353. The molecule has 0 saturated carbocycles. The minimum Gasteiger partial charge on any atom is -0.497 e. The number of likely N-dealkylation sites (tertiary alicyclic amines) is 1. The molecular weight excluding hydrogens is 646 g/mol. The Morgan fingerprint density at radius 1 is 1.04 bits per heavy atom. The number of nitrogens with one attached hydrogen (secondary N) is 1. The minimum absolute atomic E-state index is 0.0531. The van der Waals surface area contributed by atoms with Crippen molar-refractivity contribution in [3.63, 3.8) is 0 Å². The maximum absolute atomic E-state index is 14.2. The van der Waals surface area contributed by atoms with Crippen LogP contribution in [0.15, 0.2) is 72.1 Å². The van der Waals surface area contributed by atoms with Gasteiger partial charge in [0.05, 0.1) is 26.4 Å². The molecule has 0 radical (unpaired) electrons. The summed E-state index contributed by atoms with van der Waals surface area (Å²) in [6.07, 6.45) is 0.953. The van der Waals surface area contributed by atoms with Crippen molar-refractivity contribution < 1.29 is 27.5 Å². The molecule has 1 unspecified atom stereocenters. The fourth-order valence-electron chi connectivity index (χ4n) is 5.72. The number of carbonyl (C=O) groups is 2. The number of carbonyl (C=O) groups excluding carboxylic acids is 2. The molecule has 1 N–H and O–H groups in total. The Balaban J connectivity index is 1.26. The van der Waals surface area contributed by atoms with E-state index in [1.165, 1.54) is 7.11 Å². The Hall–Kier alpha value is -3.64. The normalized spacial score (nSPS) is 16.2. The summed E-state index contributed by atoms with van der Waals surface area (Å²) in [7, 11) is -0.613. The van der Waals surface area contributed by atoms with Crippen LogP contribution in [0.5, 0.6) is 11.5 Å². The summed E-state index contributed by atoms with van der Waals surface area (Å²) in [5, 5.41) is 3.64. The molecule has 5 rings (SSSR count). The number of amides is 2. The van der Waals surface area contributed by atoms with Crippen LogP contribution in [-0.4, -0.2) is 68.6 Å². The largest absolute Gasteiger partial charge is 0.497 e. The van der Waals surface area contributed by atoms with Gasteiger partial charge in [-0.1, -0.05) is 48.0 Å². The Morgan fingerprint density at radius 2 is 1.80 bits per heavy atom. The molecule has 2 amide bonds. The van der Waals surface area contributed by atoms with Gasteiger partial charge in [-0.3, -0.25) is 9.59 Å². The predicted molar refractivity (Wildman–Crippen MR) is 182 cm³/mol. The van der Waals surface area contributed by atoms with E-state index in [-0.39, 0.29) is 50.0 Å². The first-order chi connectivity index (χ1) is 22.0. The Bertz CT molecular complexity index is 1810. The van der Waals surface area contributed by atoms with Gasteiger partial charge in [0.1, 0.15) is 17.0 Å². The van der Waals surface area contributed by atoms with Crippen LogP contribution < -0.4 is 14.2 Å². The quantitative estimate of drug-likeness (QED) is 0.184. The van der Waals surface area contributed by atoms with Crippen molar-refractivity contribution in [2.75, 3.05) is 33.1 Å². The Kier molecular flexibility index (Phi) is 10.6. The van der Waals surface area contributed by atoms with Crippen LogP contribution in [0.3, 0.4) is 0 Å². The lowest BCUT2D eigenvalue weighted by Crippen LogP contribution is -2.68. The van der Waals surface area contributed by atoms with E-state index in [4.69, 9.17) is 21.1 Å². The molecule has 12 heteroatoms. The van der Waals surface area contributed by atoms with Crippen molar-refractivity contribution in [3.05, 3.63) is 93.8 Å². The van der Waals surface area contributed by atoms with E-state index in [0.29, 0.717) is 35.1 Å². The highest BCUT2D eigenvalue weighted by atomic mass is 35.5. The summed E-state index contributed by atoms with van der Waals surface area (Å²) in [6, 6.07) is 20.4. The second-order valence-corrected chi connectivity index (χ2v) is 14.8. The first kappa shape index (κ1) is 33.7. The van der Waals surface area contributed by atoms with Crippen LogP contribution in [0.2, 0.25) is 5.02 Å². The third-order valence-corrected chi connectivity index (χ3v) is 11.1. The highest BCUT2D eigenvalue weighted by Crippen LogP contribution is 2.35. The number of sulfonamides is 1. The molecule has 244 valence electrons. The van der Waals surface area contributed by atoms with Gasteiger partial charge in [0, 0.05) is 47.5 Å². The van der Waals surface area contributed by atoms with E-state index in [1.807, 2.05) is 41.8 Å². The summed E-state index contributed by atoms with van der Waals surface area (Å²) in [4.78, 5) is 31.0. The molecule has 0 bridgehead atoms. The van der Waals surface area contributed by atoms with Gasteiger partial charge in [-0.25, -0.2) is 13.1 Å². The molecule has 1 aromatic heterocycles.